The molecular weight excluding hydrogens is 270 g/mol. The maximum atomic E-state index is 12.3. The summed E-state index contributed by atoms with van der Waals surface area (Å²) in [5.41, 5.74) is 0.525. The van der Waals surface area contributed by atoms with Crippen LogP contribution in [-0.4, -0.2) is 24.5 Å². The van der Waals surface area contributed by atoms with Crippen LogP contribution >= 0.6 is 0 Å². The first-order valence-corrected chi connectivity index (χ1v) is 6.16. The Bertz CT molecular complexity index is 508. The molecule has 2 N–H and O–H groups in total. The number of para-hydroxylation sites is 1. The summed E-state index contributed by atoms with van der Waals surface area (Å²) >= 11 is 0. The van der Waals surface area contributed by atoms with Gasteiger partial charge in [0.25, 0.3) is 0 Å². The van der Waals surface area contributed by atoms with Gasteiger partial charge in [0.2, 0.25) is 11.8 Å². The first-order valence-electron chi connectivity index (χ1n) is 6.16. The van der Waals surface area contributed by atoms with Crippen molar-refractivity contribution in [2.24, 2.45) is 0 Å². The molecule has 1 aromatic rings. The average Bonchev–Trinajstić information content (AvgIpc) is 2.39. The van der Waals surface area contributed by atoms with E-state index in [4.69, 9.17) is 0 Å². The summed E-state index contributed by atoms with van der Waals surface area (Å²) in [5.74, 6) is -0.620. The number of carbonyl (C=O) groups excluding carboxylic acids is 2. The minimum Gasteiger partial charge on any atom is -0.434 e. The second-order valence-corrected chi connectivity index (χ2v) is 4.37. The summed E-state index contributed by atoms with van der Waals surface area (Å²) in [6.45, 7) is -2.69. The molecule has 1 aliphatic rings. The van der Waals surface area contributed by atoms with E-state index in [0.717, 1.165) is 0 Å². The predicted octanol–water partition coefficient (Wildman–Crippen LogP) is 1.18. The first kappa shape index (κ1) is 14.4. The number of hydrogen-bond donors (Lipinski definition) is 2. The minimum absolute atomic E-state index is 0.0716. The maximum absolute atomic E-state index is 12.3. The monoisotopic (exact) mass is 284 g/mol. The van der Waals surface area contributed by atoms with Gasteiger partial charge in [-0.2, -0.15) is 8.78 Å². The topological polar surface area (TPSA) is 67.4 Å². The Kier molecular flexibility index (Phi) is 4.62. The van der Waals surface area contributed by atoms with Crippen molar-refractivity contribution in [3.05, 3.63) is 29.8 Å². The molecule has 5 nitrogen and oxygen atoms in total. The van der Waals surface area contributed by atoms with Gasteiger partial charge in [0, 0.05) is 18.5 Å². The van der Waals surface area contributed by atoms with Crippen LogP contribution < -0.4 is 15.4 Å². The quantitative estimate of drug-likeness (QED) is 0.797. The van der Waals surface area contributed by atoms with Crippen LogP contribution in [-0.2, 0) is 16.1 Å². The Morgan fingerprint density at radius 1 is 1.35 bits per heavy atom. The largest absolute Gasteiger partial charge is 0.434 e. The lowest BCUT2D eigenvalue weighted by atomic mass is 10.1. The Morgan fingerprint density at radius 2 is 2.10 bits per heavy atom. The second-order valence-electron chi connectivity index (χ2n) is 4.37. The van der Waals surface area contributed by atoms with E-state index in [1.165, 1.54) is 6.07 Å². The molecule has 1 unspecified atom stereocenters. The average molecular weight is 284 g/mol. The number of imide groups is 1. The molecule has 1 atom stereocenters. The van der Waals surface area contributed by atoms with Gasteiger partial charge >= 0.3 is 6.61 Å². The van der Waals surface area contributed by atoms with Crippen LogP contribution in [0.25, 0.3) is 0 Å². The van der Waals surface area contributed by atoms with E-state index in [9.17, 15) is 18.4 Å². The van der Waals surface area contributed by atoms with Gasteiger partial charge in [-0.3, -0.25) is 14.9 Å². The van der Waals surface area contributed by atoms with Crippen LogP contribution in [0.1, 0.15) is 18.4 Å². The van der Waals surface area contributed by atoms with Crippen molar-refractivity contribution < 1.29 is 23.1 Å². The van der Waals surface area contributed by atoms with Gasteiger partial charge in [0.15, 0.2) is 0 Å². The van der Waals surface area contributed by atoms with Gasteiger partial charge in [0.05, 0.1) is 6.04 Å². The number of nitrogens with one attached hydrogen (secondary N) is 2. The summed E-state index contributed by atoms with van der Waals surface area (Å²) in [7, 11) is 0. The normalized spacial score (nSPS) is 19.1. The molecule has 0 saturated carbocycles. The number of hydrogen-bond acceptors (Lipinski definition) is 4. The van der Waals surface area contributed by atoms with Gasteiger partial charge < -0.3 is 10.1 Å². The third-order valence-corrected chi connectivity index (χ3v) is 2.97. The molecule has 1 saturated heterocycles. The van der Waals surface area contributed by atoms with Crippen molar-refractivity contribution >= 4 is 11.8 Å². The van der Waals surface area contributed by atoms with Crippen molar-refractivity contribution in [3.8, 4) is 5.75 Å². The van der Waals surface area contributed by atoms with Crippen molar-refractivity contribution in [2.45, 2.75) is 32.0 Å². The summed E-state index contributed by atoms with van der Waals surface area (Å²) in [5, 5.41) is 5.15. The van der Waals surface area contributed by atoms with E-state index < -0.39 is 18.6 Å². The minimum atomic E-state index is -2.90. The van der Waals surface area contributed by atoms with Crippen LogP contribution in [0.2, 0.25) is 0 Å². The lowest BCUT2D eigenvalue weighted by molar-refractivity contribution is -0.134. The van der Waals surface area contributed by atoms with Crippen molar-refractivity contribution in [1.29, 1.82) is 0 Å². The number of amides is 2. The van der Waals surface area contributed by atoms with Crippen LogP contribution in [0.3, 0.4) is 0 Å². The molecule has 1 aromatic carbocycles. The summed E-state index contributed by atoms with van der Waals surface area (Å²) in [6.07, 6.45) is 0.654. The van der Waals surface area contributed by atoms with E-state index in [1.807, 2.05) is 0 Å². The Labute approximate surface area is 114 Å². The van der Waals surface area contributed by atoms with E-state index in [0.29, 0.717) is 12.0 Å². The number of piperidine rings is 1. The number of carbonyl (C=O) groups is 2. The third kappa shape index (κ3) is 3.74. The number of halogens is 2. The molecule has 108 valence electrons. The van der Waals surface area contributed by atoms with Crippen molar-refractivity contribution in [1.82, 2.24) is 10.6 Å². The predicted molar refractivity (Wildman–Crippen MR) is 66.1 cm³/mol. The highest BCUT2D eigenvalue weighted by molar-refractivity contribution is 6.00. The van der Waals surface area contributed by atoms with E-state index in [1.54, 1.807) is 18.2 Å². The van der Waals surface area contributed by atoms with Crippen molar-refractivity contribution in [2.75, 3.05) is 0 Å². The van der Waals surface area contributed by atoms with Crippen LogP contribution in [0.5, 0.6) is 5.75 Å². The zero-order valence-corrected chi connectivity index (χ0v) is 10.6. The van der Waals surface area contributed by atoms with E-state index in [2.05, 4.69) is 15.4 Å². The highest BCUT2D eigenvalue weighted by atomic mass is 19.3. The molecular formula is C13H14F2N2O3. The Balaban J connectivity index is 1.97. The van der Waals surface area contributed by atoms with Gasteiger partial charge in [-0.05, 0) is 12.5 Å². The molecule has 1 heterocycles. The Morgan fingerprint density at radius 3 is 2.80 bits per heavy atom. The van der Waals surface area contributed by atoms with Crippen LogP contribution in [0.15, 0.2) is 24.3 Å². The lowest BCUT2D eigenvalue weighted by Crippen LogP contribution is -2.50. The molecule has 0 radical (unpaired) electrons. The molecule has 0 aromatic heterocycles. The summed E-state index contributed by atoms with van der Waals surface area (Å²) < 4.78 is 28.9. The molecule has 0 spiro atoms. The zero-order valence-electron chi connectivity index (χ0n) is 10.6. The summed E-state index contributed by atoms with van der Waals surface area (Å²) in [6, 6.07) is 5.85. The number of benzene rings is 1. The molecule has 0 aliphatic carbocycles. The van der Waals surface area contributed by atoms with Gasteiger partial charge in [-0.1, -0.05) is 18.2 Å². The number of rotatable bonds is 5. The van der Waals surface area contributed by atoms with E-state index >= 15 is 0 Å². The molecule has 1 aliphatic heterocycles. The molecule has 2 amide bonds. The zero-order chi connectivity index (χ0) is 14.5. The molecule has 0 bridgehead atoms. The fraction of sp³-hybridized carbons (Fsp3) is 0.385. The molecule has 2 rings (SSSR count). The smallest absolute Gasteiger partial charge is 0.387 e. The highest BCUT2D eigenvalue weighted by Crippen LogP contribution is 2.20. The number of alkyl halides is 2. The van der Waals surface area contributed by atoms with Gasteiger partial charge in [-0.25, -0.2) is 0 Å². The second kappa shape index (κ2) is 6.42. The van der Waals surface area contributed by atoms with Crippen molar-refractivity contribution in [3.63, 3.8) is 0 Å². The standard InChI is InChI=1S/C13H14F2N2O3/c14-13(15)20-10-4-2-1-3-8(10)7-16-9-5-6-11(18)17-12(9)19/h1-4,9,13,16H,5-7H2,(H,17,18,19). The van der Waals surface area contributed by atoms with Crippen LogP contribution in [0.4, 0.5) is 8.78 Å². The number of ether oxygens (including phenoxy) is 1. The Hall–Kier alpha value is -2.02. The molecule has 7 heteroatoms. The van der Waals surface area contributed by atoms with Gasteiger partial charge in [-0.15, -0.1) is 0 Å². The first-order chi connectivity index (χ1) is 9.56. The van der Waals surface area contributed by atoms with E-state index in [-0.39, 0.29) is 24.6 Å². The van der Waals surface area contributed by atoms with Gasteiger partial charge in [0.1, 0.15) is 5.75 Å². The fourth-order valence-electron chi connectivity index (χ4n) is 1.98. The third-order valence-electron chi connectivity index (χ3n) is 2.97. The summed E-state index contributed by atoms with van der Waals surface area (Å²) in [4.78, 5) is 22.5. The lowest BCUT2D eigenvalue weighted by Gasteiger charge is -2.22. The molecule has 1 fully saturated rings. The SMILES string of the molecule is O=C1CCC(NCc2ccccc2OC(F)F)C(=O)N1. The van der Waals surface area contributed by atoms with Crippen LogP contribution in [0, 0.1) is 0 Å². The maximum Gasteiger partial charge on any atom is 0.387 e. The highest BCUT2D eigenvalue weighted by Gasteiger charge is 2.26. The fourth-order valence-corrected chi connectivity index (χ4v) is 1.98. The molecule has 20 heavy (non-hydrogen) atoms.